The Morgan fingerprint density at radius 2 is 1.93 bits per heavy atom. The van der Waals surface area contributed by atoms with Gasteiger partial charge in [-0.2, -0.15) is 0 Å². The van der Waals surface area contributed by atoms with E-state index in [0.717, 1.165) is 12.2 Å². The Morgan fingerprint density at radius 3 is 2.83 bits per heavy atom. The lowest BCUT2D eigenvalue weighted by Gasteiger charge is -2.46. The molecule has 1 aliphatic heterocycles. The van der Waals surface area contributed by atoms with Crippen LogP contribution in [0.5, 0.6) is 0 Å². The number of allylic oxidation sites excluding steroid dienone is 1. The molecule has 30 heavy (non-hydrogen) atoms. The van der Waals surface area contributed by atoms with Gasteiger partial charge in [-0.15, -0.1) is 11.3 Å². The monoisotopic (exact) mass is 410 g/mol. The number of rotatable bonds is 3. The predicted octanol–water partition coefficient (Wildman–Crippen LogP) is 7.21. The van der Waals surface area contributed by atoms with Crippen molar-refractivity contribution in [2.24, 2.45) is 11.3 Å². The van der Waals surface area contributed by atoms with E-state index in [1.165, 1.54) is 52.6 Å². The summed E-state index contributed by atoms with van der Waals surface area (Å²) in [7, 11) is 0. The van der Waals surface area contributed by atoms with E-state index in [2.05, 4.69) is 83.9 Å². The van der Waals surface area contributed by atoms with Gasteiger partial charge in [0, 0.05) is 22.2 Å². The fraction of sp³-hybridized carbons (Fsp3) is 0.296. The molecule has 6 rings (SSSR count). The highest BCUT2D eigenvalue weighted by molar-refractivity contribution is 7.17. The van der Waals surface area contributed by atoms with Crippen LogP contribution in [-0.4, -0.2) is 9.55 Å². The molecular weight excluding hydrogens is 384 g/mol. The van der Waals surface area contributed by atoms with Gasteiger partial charge in [0.2, 0.25) is 0 Å². The third-order valence-electron chi connectivity index (χ3n) is 7.40. The van der Waals surface area contributed by atoms with E-state index in [4.69, 9.17) is 4.98 Å². The maximum Gasteiger partial charge on any atom is 0.0958 e. The van der Waals surface area contributed by atoms with E-state index in [-0.39, 0.29) is 5.41 Å². The van der Waals surface area contributed by atoms with Crippen LogP contribution in [0.2, 0.25) is 0 Å². The zero-order chi connectivity index (χ0) is 20.1. The first-order chi connectivity index (χ1) is 14.7. The molecule has 0 bridgehead atoms. The lowest BCUT2D eigenvalue weighted by atomic mass is 9.61. The van der Waals surface area contributed by atoms with Gasteiger partial charge in [-0.1, -0.05) is 61.0 Å². The van der Waals surface area contributed by atoms with Crippen LogP contribution < -0.4 is 0 Å². The van der Waals surface area contributed by atoms with Gasteiger partial charge < -0.3 is 4.57 Å². The summed E-state index contributed by atoms with van der Waals surface area (Å²) in [6, 6.07) is 19.5. The van der Waals surface area contributed by atoms with Gasteiger partial charge in [0.15, 0.2) is 0 Å². The van der Waals surface area contributed by atoms with Gasteiger partial charge >= 0.3 is 0 Å². The van der Waals surface area contributed by atoms with Crippen molar-refractivity contribution >= 4 is 27.5 Å². The molecule has 0 N–H and O–H groups in total. The minimum Gasteiger partial charge on any atom is -0.330 e. The van der Waals surface area contributed by atoms with E-state index >= 15 is 0 Å². The molecule has 3 heterocycles. The van der Waals surface area contributed by atoms with Crippen LogP contribution >= 0.6 is 11.3 Å². The first-order valence-corrected chi connectivity index (χ1v) is 11.9. The van der Waals surface area contributed by atoms with Crippen molar-refractivity contribution in [1.82, 2.24) is 9.55 Å². The Morgan fingerprint density at radius 1 is 1.10 bits per heavy atom. The Labute approximate surface area is 181 Å². The van der Waals surface area contributed by atoms with Crippen molar-refractivity contribution in [3.8, 4) is 11.3 Å². The van der Waals surface area contributed by atoms with Gasteiger partial charge in [-0.05, 0) is 60.1 Å². The minimum absolute atomic E-state index is 0.211. The summed E-state index contributed by atoms with van der Waals surface area (Å²) in [5, 5.41) is 3.85. The summed E-state index contributed by atoms with van der Waals surface area (Å²) in [5.74, 6) is 0.672. The molecule has 1 aliphatic carbocycles. The van der Waals surface area contributed by atoms with Crippen LogP contribution in [0.1, 0.15) is 37.4 Å². The van der Waals surface area contributed by atoms with Gasteiger partial charge in [0.25, 0.3) is 0 Å². The van der Waals surface area contributed by atoms with Gasteiger partial charge in [0.1, 0.15) is 0 Å². The molecule has 0 saturated heterocycles. The largest absolute Gasteiger partial charge is 0.330 e. The highest BCUT2D eigenvalue weighted by atomic mass is 32.1. The molecule has 1 fully saturated rings. The maximum atomic E-state index is 4.82. The number of thiophene rings is 1. The van der Waals surface area contributed by atoms with Crippen molar-refractivity contribution in [3.63, 3.8) is 0 Å². The molecule has 0 amide bonds. The summed E-state index contributed by atoms with van der Waals surface area (Å²) in [5.41, 5.74) is 6.99. The molecule has 150 valence electrons. The van der Waals surface area contributed by atoms with Crippen LogP contribution in [0.25, 0.3) is 27.4 Å². The minimum atomic E-state index is 0.211. The number of hydrogen-bond acceptors (Lipinski definition) is 2. The molecule has 2 atom stereocenters. The lowest BCUT2D eigenvalue weighted by molar-refractivity contribution is 0.152. The normalized spacial score (nSPS) is 23.1. The third-order valence-corrected chi connectivity index (χ3v) is 8.41. The van der Waals surface area contributed by atoms with Crippen LogP contribution in [0, 0.1) is 11.3 Å². The number of aromatic nitrogens is 2. The number of fused-ring (bicyclic) bond motifs is 3. The number of imidazole rings is 1. The summed E-state index contributed by atoms with van der Waals surface area (Å²) in [6.45, 7) is 3.54. The molecular formula is C27H26N2S. The summed E-state index contributed by atoms with van der Waals surface area (Å²) < 4.78 is 3.81. The molecule has 0 radical (unpaired) electrons. The van der Waals surface area contributed by atoms with Gasteiger partial charge in [-0.25, -0.2) is 4.98 Å². The Kier molecular flexibility index (Phi) is 4.21. The lowest BCUT2D eigenvalue weighted by Crippen LogP contribution is -2.40. The van der Waals surface area contributed by atoms with Crippen molar-refractivity contribution in [2.75, 3.05) is 0 Å². The Hall–Kier alpha value is -2.65. The molecule has 1 saturated carbocycles. The second-order valence-electron chi connectivity index (χ2n) is 9.11. The second kappa shape index (κ2) is 6.95. The summed E-state index contributed by atoms with van der Waals surface area (Å²) in [4.78, 5) is 4.82. The molecule has 4 aromatic rings. The summed E-state index contributed by atoms with van der Waals surface area (Å²) >= 11 is 1.89. The Balaban J connectivity index is 1.37. The van der Waals surface area contributed by atoms with E-state index in [1.807, 2.05) is 11.3 Å². The highest BCUT2D eigenvalue weighted by Crippen LogP contribution is 2.51. The average molecular weight is 411 g/mol. The molecule has 3 heteroatoms. The number of hydrogen-bond donors (Lipinski definition) is 0. The maximum absolute atomic E-state index is 4.82. The number of nitrogens with zero attached hydrogens (tertiary/aromatic N) is 2. The van der Waals surface area contributed by atoms with Crippen molar-refractivity contribution < 1.29 is 0 Å². The quantitative estimate of drug-likeness (QED) is 0.349. The van der Waals surface area contributed by atoms with E-state index in [0.29, 0.717) is 5.92 Å². The van der Waals surface area contributed by atoms with Crippen LogP contribution in [0.3, 0.4) is 0 Å². The van der Waals surface area contributed by atoms with E-state index in [9.17, 15) is 0 Å². The first-order valence-electron chi connectivity index (χ1n) is 11.0. The average Bonchev–Trinajstić information content (AvgIpc) is 3.37. The first kappa shape index (κ1) is 18.1. The number of benzene rings is 2. The van der Waals surface area contributed by atoms with Crippen LogP contribution in [0.4, 0.5) is 0 Å². The topological polar surface area (TPSA) is 17.8 Å². The highest BCUT2D eigenvalue weighted by Gasteiger charge is 2.43. The predicted molar refractivity (Wildman–Crippen MR) is 127 cm³/mol. The SMILES string of the molecule is CC12Cn3cnc(-c4ccccc4)c3C=C1CCC[C@@H]2Cc1csc2ccccc12. The zero-order valence-corrected chi connectivity index (χ0v) is 18.2. The molecule has 2 aromatic heterocycles. The standard InChI is InChI=1S/C27H26N2S/c1-27-17-29-18-28-26(19-8-3-2-4-9-19)24(29)15-22(27)11-7-10-21(27)14-20-16-30-25-13-6-5-12-23(20)25/h2-6,8-9,12-13,15-16,18,21H,7,10-11,14,17H2,1H3/t21-,27?/m1/s1. The fourth-order valence-corrected chi connectivity index (χ4v) is 6.64. The third kappa shape index (κ3) is 2.79. The fourth-order valence-electron chi connectivity index (χ4n) is 5.66. The Bertz CT molecular complexity index is 1250. The van der Waals surface area contributed by atoms with E-state index < -0.39 is 0 Å². The van der Waals surface area contributed by atoms with Crippen LogP contribution in [0.15, 0.2) is 71.9 Å². The summed E-state index contributed by atoms with van der Waals surface area (Å²) in [6.07, 6.45) is 9.53. The van der Waals surface area contributed by atoms with Crippen molar-refractivity contribution in [1.29, 1.82) is 0 Å². The van der Waals surface area contributed by atoms with E-state index in [1.54, 1.807) is 5.57 Å². The van der Waals surface area contributed by atoms with Gasteiger partial charge in [-0.3, -0.25) is 0 Å². The van der Waals surface area contributed by atoms with Crippen LogP contribution in [-0.2, 0) is 13.0 Å². The smallest absolute Gasteiger partial charge is 0.0958 e. The molecule has 0 spiro atoms. The van der Waals surface area contributed by atoms with Gasteiger partial charge in [0.05, 0.1) is 17.7 Å². The molecule has 1 unspecified atom stereocenters. The van der Waals surface area contributed by atoms with Crippen molar-refractivity contribution in [2.45, 2.75) is 39.2 Å². The second-order valence-corrected chi connectivity index (χ2v) is 10.0. The molecule has 2 aliphatic rings. The van der Waals surface area contributed by atoms with Crippen molar-refractivity contribution in [3.05, 3.63) is 83.1 Å². The molecule has 2 nitrogen and oxygen atoms in total. The molecule has 2 aromatic carbocycles. The zero-order valence-electron chi connectivity index (χ0n) is 17.3.